The Morgan fingerprint density at radius 1 is 0.800 bits per heavy atom. The molecule has 1 rings (SSSR count). The molecule has 0 radical (unpaired) electrons. The summed E-state index contributed by atoms with van der Waals surface area (Å²) >= 11 is 0. The highest BCUT2D eigenvalue weighted by molar-refractivity contribution is 7.47. The fraction of sp³-hybridized carbons (Fsp3) is 1.00. The quantitative estimate of drug-likeness (QED) is 0.129. The van der Waals surface area contributed by atoms with E-state index in [1.807, 2.05) is 0 Å². The van der Waals surface area contributed by atoms with E-state index < -0.39 is 7.82 Å². The second-order valence-electron chi connectivity index (χ2n) is 9.59. The van der Waals surface area contributed by atoms with E-state index in [9.17, 15) is 9.46 Å². The van der Waals surface area contributed by atoms with Crippen molar-refractivity contribution < 1.29 is 23.0 Å². The molecule has 0 bridgehead atoms. The molecule has 0 aromatic rings. The van der Waals surface area contributed by atoms with Crippen molar-refractivity contribution in [3.8, 4) is 0 Å². The monoisotopic (exact) mass is 448 g/mol. The minimum atomic E-state index is -3.90. The van der Waals surface area contributed by atoms with Crippen molar-refractivity contribution in [2.24, 2.45) is 0 Å². The standard InChI is InChI=1S/C24H50NO4P/c1-4-6-7-8-9-10-11-12-13-14-15-16-17-18-23-28-30(26,27)29-24-19-21-25(3,5-2)22-20-24/h24H,4-23H2,1-3H3/p+1. The van der Waals surface area contributed by atoms with Gasteiger partial charge in [0.15, 0.2) is 0 Å². The summed E-state index contributed by atoms with van der Waals surface area (Å²) in [6.45, 7) is 7.88. The predicted molar refractivity (Wildman–Crippen MR) is 127 cm³/mol. The summed E-state index contributed by atoms with van der Waals surface area (Å²) in [6, 6.07) is 0. The Balaban J connectivity index is 1.90. The first-order chi connectivity index (χ1) is 14.4. The molecule has 0 spiro atoms. The highest BCUT2D eigenvalue weighted by atomic mass is 31.2. The maximum Gasteiger partial charge on any atom is 0.472 e. The van der Waals surface area contributed by atoms with Crippen LogP contribution in [0.4, 0.5) is 0 Å². The van der Waals surface area contributed by atoms with Gasteiger partial charge in [-0.25, -0.2) is 4.57 Å². The van der Waals surface area contributed by atoms with Crippen LogP contribution in [0, 0.1) is 0 Å². The minimum Gasteiger partial charge on any atom is -0.326 e. The molecular weight excluding hydrogens is 397 g/mol. The Bertz CT molecular complexity index is 452. The van der Waals surface area contributed by atoms with Gasteiger partial charge in [0.25, 0.3) is 0 Å². The lowest BCUT2D eigenvalue weighted by molar-refractivity contribution is -0.913. The van der Waals surface area contributed by atoms with Crippen LogP contribution in [0.25, 0.3) is 0 Å². The number of hydrogen-bond donors (Lipinski definition) is 1. The summed E-state index contributed by atoms with van der Waals surface area (Å²) in [7, 11) is -1.67. The Kier molecular flexibility index (Phi) is 15.6. The molecule has 0 aliphatic carbocycles. The molecule has 1 aliphatic heterocycles. The number of nitrogens with zero attached hydrogens (tertiary/aromatic N) is 1. The molecule has 180 valence electrons. The fourth-order valence-corrected chi connectivity index (χ4v) is 5.29. The van der Waals surface area contributed by atoms with Gasteiger partial charge in [0.2, 0.25) is 0 Å². The third-order valence-corrected chi connectivity index (χ3v) is 7.85. The minimum absolute atomic E-state index is 0.144. The van der Waals surface area contributed by atoms with Gasteiger partial charge in [0, 0.05) is 12.8 Å². The average Bonchev–Trinajstić information content (AvgIpc) is 2.72. The van der Waals surface area contributed by atoms with E-state index in [0.717, 1.165) is 49.8 Å². The van der Waals surface area contributed by atoms with Crippen LogP contribution in [-0.2, 0) is 13.6 Å². The number of phosphoric ester groups is 1. The van der Waals surface area contributed by atoms with Crippen molar-refractivity contribution in [3.05, 3.63) is 0 Å². The van der Waals surface area contributed by atoms with E-state index >= 15 is 0 Å². The smallest absolute Gasteiger partial charge is 0.326 e. The Labute approximate surface area is 187 Å². The highest BCUT2D eigenvalue weighted by Crippen LogP contribution is 2.46. The number of hydrogen-bond acceptors (Lipinski definition) is 3. The molecule has 0 saturated carbocycles. The zero-order chi connectivity index (χ0) is 22.1. The second-order valence-corrected chi connectivity index (χ2v) is 11.0. The first-order valence-corrected chi connectivity index (χ1v) is 14.4. The molecule has 1 fully saturated rings. The van der Waals surface area contributed by atoms with Crippen molar-refractivity contribution in [3.63, 3.8) is 0 Å². The number of likely N-dealkylation sites (tertiary alicyclic amines) is 1. The van der Waals surface area contributed by atoms with Crippen molar-refractivity contribution >= 4 is 7.82 Å². The van der Waals surface area contributed by atoms with Gasteiger partial charge in [-0.05, 0) is 13.3 Å². The van der Waals surface area contributed by atoms with E-state index in [0.29, 0.717) is 6.61 Å². The molecular formula is C24H51NO4P+. The van der Waals surface area contributed by atoms with E-state index in [1.54, 1.807) is 0 Å². The summed E-state index contributed by atoms with van der Waals surface area (Å²) in [5, 5.41) is 0. The Morgan fingerprint density at radius 3 is 1.67 bits per heavy atom. The van der Waals surface area contributed by atoms with Crippen LogP contribution in [-0.4, -0.2) is 48.8 Å². The number of unbranched alkanes of at least 4 members (excludes halogenated alkanes) is 13. The van der Waals surface area contributed by atoms with Crippen LogP contribution < -0.4 is 0 Å². The van der Waals surface area contributed by atoms with Gasteiger partial charge in [0.05, 0.1) is 39.4 Å². The van der Waals surface area contributed by atoms with Crippen LogP contribution in [0.5, 0.6) is 0 Å². The lowest BCUT2D eigenvalue weighted by Gasteiger charge is -2.39. The molecule has 1 aliphatic rings. The van der Waals surface area contributed by atoms with Gasteiger partial charge in [-0.3, -0.25) is 9.05 Å². The van der Waals surface area contributed by atoms with Crippen molar-refractivity contribution in [2.45, 2.75) is 123 Å². The highest BCUT2D eigenvalue weighted by Gasteiger charge is 2.34. The van der Waals surface area contributed by atoms with Crippen molar-refractivity contribution in [1.82, 2.24) is 0 Å². The van der Waals surface area contributed by atoms with Crippen molar-refractivity contribution in [1.29, 1.82) is 0 Å². The molecule has 1 unspecified atom stereocenters. The lowest BCUT2D eigenvalue weighted by Crippen LogP contribution is -2.50. The number of phosphoric acid groups is 1. The summed E-state index contributed by atoms with van der Waals surface area (Å²) in [6.07, 6.45) is 19.7. The van der Waals surface area contributed by atoms with Crippen LogP contribution in [0.2, 0.25) is 0 Å². The predicted octanol–water partition coefficient (Wildman–Crippen LogP) is 7.23. The van der Waals surface area contributed by atoms with Crippen LogP contribution in [0.1, 0.15) is 117 Å². The largest absolute Gasteiger partial charge is 0.472 e. The molecule has 6 heteroatoms. The van der Waals surface area contributed by atoms with Gasteiger partial charge in [0.1, 0.15) is 0 Å². The van der Waals surface area contributed by atoms with Gasteiger partial charge in [-0.15, -0.1) is 0 Å². The number of piperidine rings is 1. The molecule has 1 heterocycles. The normalized spacial score (nSPS) is 24.1. The maximum atomic E-state index is 12.2. The second kappa shape index (κ2) is 16.7. The van der Waals surface area contributed by atoms with E-state index in [4.69, 9.17) is 9.05 Å². The average molecular weight is 449 g/mol. The molecule has 1 N–H and O–H groups in total. The molecule has 5 nitrogen and oxygen atoms in total. The molecule has 0 aromatic heterocycles. The number of rotatable bonds is 19. The third-order valence-electron chi connectivity index (χ3n) is 6.78. The first kappa shape index (κ1) is 28.1. The summed E-state index contributed by atoms with van der Waals surface area (Å²) < 4.78 is 23.8. The zero-order valence-electron chi connectivity index (χ0n) is 20.3. The molecule has 0 amide bonds. The van der Waals surface area contributed by atoms with E-state index in [-0.39, 0.29) is 6.10 Å². The van der Waals surface area contributed by atoms with E-state index in [1.165, 1.54) is 77.0 Å². The summed E-state index contributed by atoms with van der Waals surface area (Å²) in [5.74, 6) is 0. The van der Waals surface area contributed by atoms with Gasteiger partial charge in [-0.2, -0.15) is 0 Å². The van der Waals surface area contributed by atoms with E-state index in [2.05, 4.69) is 20.9 Å². The maximum absolute atomic E-state index is 12.2. The van der Waals surface area contributed by atoms with Gasteiger partial charge < -0.3 is 9.38 Å². The van der Waals surface area contributed by atoms with Crippen LogP contribution >= 0.6 is 7.82 Å². The summed E-state index contributed by atoms with van der Waals surface area (Å²) in [5.41, 5.74) is 0. The Morgan fingerprint density at radius 2 is 1.23 bits per heavy atom. The molecule has 1 saturated heterocycles. The lowest BCUT2D eigenvalue weighted by atomic mass is 10.0. The summed E-state index contributed by atoms with van der Waals surface area (Å²) in [4.78, 5) is 9.96. The topological polar surface area (TPSA) is 55.8 Å². The zero-order valence-corrected chi connectivity index (χ0v) is 21.2. The SMILES string of the molecule is CCCCCCCCCCCCCCCCOP(=O)(O)OC1CC[N+](C)(CC)CC1. The van der Waals surface area contributed by atoms with Gasteiger partial charge in [-0.1, -0.05) is 90.4 Å². The molecule has 30 heavy (non-hydrogen) atoms. The van der Waals surface area contributed by atoms with Gasteiger partial charge >= 0.3 is 7.82 Å². The van der Waals surface area contributed by atoms with Crippen LogP contribution in [0.3, 0.4) is 0 Å². The fourth-order valence-electron chi connectivity index (χ4n) is 4.28. The number of quaternary nitrogens is 1. The third kappa shape index (κ3) is 14.2. The molecule has 1 atom stereocenters. The molecule has 0 aromatic carbocycles. The first-order valence-electron chi connectivity index (χ1n) is 12.9. The van der Waals surface area contributed by atoms with Crippen LogP contribution in [0.15, 0.2) is 0 Å². The van der Waals surface area contributed by atoms with Crippen molar-refractivity contribution in [2.75, 3.05) is 33.3 Å². The Hall–Kier alpha value is 0.0700.